The van der Waals surface area contributed by atoms with Crippen molar-refractivity contribution in [2.45, 2.75) is 13.5 Å². The predicted octanol–water partition coefficient (Wildman–Crippen LogP) is 5.83. The van der Waals surface area contributed by atoms with Crippen LogP contribution in [0, 0.1) is 6.92 Å². The molecule has 0 unspecified atom stereocenters. The number of rotatable bonds is 4. The van der Waals surface area contributed by atoms with Gasteiger partial charge in [0.1, 0.15) is 12.4 Å². The van der Waals surface area contributed by atoms with Gasteiger partial charge >= 0.3 is 0 Å². The number of anilines is 1. The summed E-state index contributed by atoms with van der Waals surface area (Å²) in [4.78, 5) is 12.4. The zero-order valence-corrected chi connectivity index (χ0v) is 16.4. The molecule has 0 atom stereocenters. The topological polar surface area (TPSA) is 38.3 Å². The lowest BCUT2D eigenvalue weighted by Gasteiger charge is -2.11. The number of ether oxygens (including phenoxy) is 1. The van der Waals surface area contributed by atoms with Crippen molar-refractivity contribution < 1.29 is 9.53 Å². The SMILES string of the molecule is Cc1ccc(COc2ccc(Br)cc2C=C2C(=O)Nc3ccccc32)cc1. The van der Waals surface area contributed by atoms with Crippen LogP contribution in [0.15, 0.2) is 71.2 Å². The van der Waals surface area contributed by atoms with Crippen molar-refractivity contribution in [2.75, 3.05) is 5.32 Å². The highest BCUT2D eigenvalue weighted by Crippen LogP contribution is 2.35. The van der Waals surface area contributed by atoms with Crippen LogP contribution >= 0.6 is 15.9 Å². The Morgan fingerprint density at radius 3 is 2.63 bits per heavy atom. The van der Waals surface area contributed by atoms with Gasteiger partial charge in [-0.25, -0.2) is 0 Å². The number of nitrogens with one attached hydrogen (secondary N) is 1. The number of hydrogen-bond acceptors (Lipinski definition) is 2. The van der Waals surface area contributed by atoms with Crippen molar-refractivity contribution in [3.05, 3.63) is 93.5 Å². The molecule has 1 amide bonds. The Morgan fingerprint density at radius 2 is 1.81 bits per heavy atom. The van der Waals surface area contributed by atoms with E-state index >= 15 is 0 Å². The number of hydrogen-bond donors (Lipinski definition) is 1. The quantitative estimate of drug-likeness (QED) is 0.540. The fraction of sp³-hybridized carbons (Fsp3) is 0.0870. The predicted molar refractivity (Wildman–Crippen MR) is 113 cm³/mol. The maximum atomic E-state index is 12.4. The first kappa shape index (κ1) is 17.6. The molecule has 0 fully saturated rings. The van der Waals surface area contributed by atoms with Crippen molar-refractivity contribution in [1.82, 2.24) is 0 Å². The van der Waals surface area contributed by atoms with E-state index in [1.165, 1.54) is 5.56 Å². The standard InChI is InChI=1S/C23H18BrNO2/c1-15-6-8-16(9-7-15)14-27-22-11-10-18(24)12-17(22)13-20-19-4-2-3-5-21(19)25-23(20)26/h2-13H,14H2,1H3,(H,25,26). The zero-order valence-electron chi connectivity index (χ0n) is 14.8. The summed E-state index contributed by atoms with van der Waals surface area (Å²) >= 11 is 3.51. The first-order valence-electron chi connectivity index (χ1n) is 8.70. The number of benzene rings is 3. The Bertz CT molecular complexity index is 1040. The van der Waals surface area contributed by atoms with E-state index in [0.29, 0.717) is 12.2 Å². The fourth-order valence-electron chi connectivity index (χ4n) is 3.05. The molecule has 27 heavy (non-hydrogen) atoms. The Hall–Kier alpha value is -2.85. The molecule has 0 aliphatic carbocycles. The minimum atomic E-state index is -0.0966. The summed E-state index contributed by atoms with van der Waals surface area (Å²) in [5.41, 5.74) is 5.57. The summed E-state index contributed by atoms with van der Waals surface area (Å²) in [5.74, 6) is 0.643. The van der Waals surface area contributed by atoms with Gasteiger partial charge in [0.05, 0.1) is 0 Å². The van der Waals surface area contributed by atoms with Crippen molar-refractivity contribution in [3.8, 4) is 5.75 Å². The Kier molecular flexibility index (Phi) is 4.82. The fourth-order valence-corrected chi connectivity index (χ4v) is 3.43. The number of aryl methyl sites for hydroxylation is 1. The van der Waals surface area contributed by atoms with Crippen molar-refractivity contribution in [1.29, 1.82) is 0 Å². The van der Waals surface area contributed by atoms with Crippen LogP contribution in [0.1, 0.15) is 22.3 Å². The number of fused-ring (bicyclic) bond motifs is 1. The van der Waals surface area contributed by atoms with Gasteiger partial charge in [-0.2, -0.15) is 0 Å². The van der Waals surface area contributed by atoms with Crippen LogP contribution in [-0.2, 0) is 11.4 Å². The first-order chi connectivity index (χ1) is 13.1. The van der Waals surface area contributed by atoms with E-state index in [1.807, 2.05) is 48.5 Å². The van der Waals surface area contributed by atoms with Crippen LogP contribution in [-0.4, -0.2) is 5.91 Å². The van der Waals surface area contributed by atoms with Crippen molar-refractivity contribution in [2.24, 2.45) is 0 Å². The summed E-state index contributed by atoms with van der Waals surface area (Å²) in [6.07, 6.45) is 1.89. The van der Waals surface area contributed by atoms with E-state index < -0.39 is 0 Å². The summed E-state index contributed by atoms with van der Waals surface area (Å²) in [7, 11) is 0. The normalized spacial score (nSPS) is 14.1. The highest BCUT2D eigenvalue weighted by molar-refractivity contribution is 9.10. The second kappa shape index (κ2) is 7.41. The van der Waals surface area contributed by atoms with Crippen LogP contribution < -0.4 is 10.1 Å². The molecular formula is C23H18BrNO2. The molecule has 3 aromatic rings. The van der Waals surface area contributed by atoms with E-state index in [0.717, 1.165) is 32.6 Å². The molecule has 3 aromatic carbocycles. The lowest BCUT2D eigenvalue weighted by atomic mass is 10.0. The molecule has 0 aromatic heterocycles. The van der Waals surface area contributed by atoms with Crippen molar-refractivity contribution in [3.63, 3.8) is 0 Å². The summed E-state index contributed by atoms with van der Waals surface area (Å²) < 4.78 is 6.99. The van der Waals surface area contributed by atoms with E-state index in [1.54, 1.807) is 0 Å². The third-order valence-electron chi connectivity index (χ3n) is 4.50. The molecule has 1 aliphatic rings. The van der Waals surface area contributed by atoms with Crippen LogP contribution in [0.25, 0.3) is 11.6 Å². The molecular weight excluding hydrogens is 402 g/mol. The van der Waals surface area contributed by atoms with Gasteiger partial charge in [0.2, 0.25) is 0 Å². The van der Waals surface area contributed by atoms with E-state index in [4.69, 9.17) is 4.74 Å². The smallest absolute Gasteiger partial charge is 0.256 e. The van der Waals surface area contributed by atoms with Gasteiger partial charge < -0.3 is 10.1 Å². The Labute approximate surface area is 166 Å². The van der Waals surface area contributed by atoms with Crippen LogP contribution in [0.4, 0.5) is 5.69 Å². The number of carbonyl (C=O) groups excluding carboxylic acids is 1. The molecule has 0 radical (unpaired) electrons. The highest BCUT2D eigenvalue weighted by Gasteiger charge is 2.23. The van der Waals surface area contributed by atoms with Crippen LogP contribution in [0.5, 0.6) is 5.75 Å². The maximum Gasteiger partial charge on any atom is 0.256 e. The first-order valence-corrected chi connectivity index (χ1v) is 9.50. The van der Waals surface area contributed by atoms with Gasteiger partial charge in [-0.3, -0.25) is 4.79 Å². The monoisotopic (exact) mass is 419 g/mol. The minimum absolute atomic E-state index is 0.0966. The minimum Gasteiger partial charge on any atom is -0.488 e. The molecule has 0 saturated carbocycles. The summed E-state index contributed by atoms with van der Waals surface area (Å²) in [5, 5.41) is 2.91. The Morgan fingerprint density at radius 1 is 1.04 bits per heavy atom. The average molecular weight is 420 g/mol. The van der Waals surface area contributed by atoms with E-state index in [2.05, 4.69) is 52.4 Å². The van der Waals surface area contributed by atoms with Gasteiger partial charge in [0, 0.05) is 26.9 Å². The lowest BCUT2D eigenvalue weighted by Crippen LogP contribution is -2.04. The van der Waals surface area contributed by atoms with Gasteiger partial charge in [0.15, 0.2) is 0 Å². The summed E-state index contributed by atoms with van der Waals surface area (Å²) in [6, 6.07) is 21.8. The molecule has 0 saturated heterocycles. The third kappa shape index (κ3) is 3.81. The molecule has 1 aliphatic heterocycles. The van der Waals surface area contributed by atoms with Crippen molar-refractivity contribution >= 4 is 39.2 Å². The second-order valence-corrected chi connectivity index (χ2v) is 7.43. The number of amides is 1. The number of halogens is 1. The van der Waals surface area contributed by atoms with Crippen LogP contribution in [0.3, 0.4) is 0 Å². The highest BCUT2D eigenvalue weighted by atomic mass is 79.9. The number of carbonyl (C=O) groups is 1. The zero-order chi connectivity index (χ0) is 18.8. The maximum absolute atomic E-state index is 12.4. The van der Waals surface area contributed by atoms with Gasteiger partial charge in [-0.1, -0.05) is 64.0 Å². The molecule has 1 heterocycles. The molecule has 1 N–H and O–H groups in total. The molecule has 134 valence electrons. The molecule has 0 spiro atoms. The molecule has 3 nitrogen and oxygen atoms in total. The van der Waals surface area contributed by atoms with E-state index in [9.17, 15) is 4.79 Å². The second-order valence-electron chi connectivity index (χ2n) is 6.51. The van der Waals surface area contributed by atoms with Gasteiger partial charge in [0.25, 0.3) is 5.91 Å². The summed E-state index contributed by atoms with van der Waals surface area (Å²) in [6.45, 7) is 2.54. The van der Waals surface area contributed by atoms with Gasteiger partial charge in [-0.05, 0) is 42.8 Å². The molecule has 4 heteroatoms. The van der Waals surface area contributed by atoms with E-state index in [-0.39, 0.29) is 5.91 Å². The lowest BCUT2D eigenvalue weighted by molar-refractivity contribution is -0.110. The molecule has 4 rings (SSSR count). The number of para-hydroxylation sites is 1. The molecule has 0 bridgehead atoms. The largest absolute Gasteiger partial charge is 0.488 e. The third-order valence-corrected chi connectivity index (χ3v) is 4.99. The Balaban J connectivity index is 1.66. The van der Waals surface area contributed by atoms with Crippen LogP contribution in [0.2, 0.25) is 0 Å². The van der Waals surface area contributed by atoms with Gasteiger partial charge in [-0.15, -0.1) is 0 Å². The average Bonchev–Trinajstić information content (AvgIpc) is 2.98.